The lowest BCUT2D eigenvalue weighted by molar-refractivity contribution is 0.157. The first-order valence-electron chi connectivity index (χ1n) is 6.22. The van der Waals surface area contributed by atoms with Crippen molar-refractivity contribution in [3.8, 4) is 0 Å². The highest BCUT2D eigenvalue weighted by Crippen LogP contribution is 2.31. The van der Waals surface area contributed by atoms with E-state index in [4.69, 9.17) is 4.55 Å². The topological polar surface area (TPSA) is 74.6 Å². The van der Waals surface area contributed by atoms with Crippen LogP contribution in [0.25, 0.3) is 0 Å². The van der Waals surface area contributed by atoms with Crippen LogP contribution in [0.1, 0.15) is 37.0 Å². The second-order valence-electron chi connectivity index (χ2n) is 5.81. The van der Waals surface area contributed by atoms with Gasteiger partial charge < -0.3 is 5.11 Å². The fraction of sp³-hybridized carbons (Fsp3) is 0.571. The number of hydrogen-bond donors (Lipinski definition) is 2. The van der Waals surface area contributed by atoms with Gasteiger partial charge in [0.05, 0.1) is 6.10 Å². The Morgan fingerprint density at radius 3 is 2.32 bits per heavy atom. The van der Waals surface area contributed by atoms with Gasteiger partial charge >= 0.3 is 0 Å². The number of hydrogen-bond acceptors (Lipinski definition) is 3. The molecule has 108 valence electrons. The SMILES string of the molecule is Cc1ccc(C(C)(C)CC(O)CS(=O)(=O)O)c(C)c1. The monoisotopic (exact) mass is 286 g/mol. The minimum atomic E-state index is -4.14. The summed E-state index contributed by atoms with van der Waals surface area (Å²) in [6.45, 7) is 7.92. The Labute approximate surface area is 115 Å². The predicted molar refractivity (Wildman–Crippen MR) is 76.0 cm³/mol. The van der Waals surface area contributed by atoms with Crippen molar-refractivity contribution in [1.29, 1.82) is 0 Å². The van der Waals surface area contributed by atoms with Crippen molar-refractivity contribution in [3.63, 3.8) is 0 Å². The van der Waals surface area contributed by atoms with E-state index in [2.05, 4.69) is 6.07 Å². The fourth-order valence-electron chi connectivity index (χ4n) is 2.57. The van der Waals surface area contributed by atoms with Gasteiger partial charge in [0, 0.05) is 0 Å². The molecule has 0 saturated carbocycles. The third-order valence-corrected chi connectivity index (χ3v) is 4.07. The van der Waals surface area contributed by atoms with Gasteiger partial charge in [0.1, 0.15) is 5.75 Å². The second kappa shape index (κ2) is 5.61. The van der Waals surface area contributed by atoms with E-state index in [0.717, 1.165) is 16.7 Å². The van der Waals surface area contributed by atoms with Crippen LogP contribution in [0.3, 0.4) is 0 Å². The zero-order chi connectivity index (χ0) is 14.8. The lowest BCUT2D eigenvalue weighted by Crippen LogP contribution is -2.30. The van der Waals surface area contributed by atoms with Crippen LogP contribution in [0, 0.1) is 13.8 Å². The molecule has 1 unspecified atom stereocenters. The zero-order valence-corrected chi connectivity index (χ0v) is 12.7. The lowest BCUT2D eigenvalue weighted by atomic mass is 9.77. The average Bonchev–Trinajstić information content (AvgIpc) is 2.11. The maximum atomic E-state index is 10.8. The molecule has 1 aromatic rings. The van der Waals surface area contributed by atoms with Crippen molar-refractivity contribution < 1.29 is 18.1 Å². The number of aliphatic hydroxyl groups excluding tert-OH is 1. The summed E-state index contributed by atoms with van der Waals surface area (Å²) in [6, 6.07) is 6.07. The predicted octanol–water partition coefficient (Wildman–Crippen LogP) is 2.22. The molecule has 0 bridgehead atoms. The van der Waals surface area contributed by atoms with E-state index in [-0.39, 0.29) is 11.8 Å². The van der Waals surface area contributed by atoms with E-state index < -0.39 is 22.0 Å². The molecule has 0 amide bonds. The van der Waals surface area contributed by atoms with Gasteiger partial charge in [-0.15, -0.1) is 0 Å². The minimum absolute atomic E-state index is 0.274. The van der Waals surface area contributed by atoms with Gasteiger partial charge in [-0.3, -0.25) is 4.55 Å². The molecule has 1 atom stereocenters. The molecule has 0 fully saturated rings. The van der Waals surface area contributed by atoms with Crippen molar-refractivity contribution in [2.75, 3.05) is 5.75 Å². The largest absolute Gasteiger partial charge is 0.392 e. The number of rotatable bonds is 5. The van der Waals surface area contributed by atoms with E-state index in [0.29, 0.717) is 0 Å². The third-order valence-electron chi connectivity index (χ3n) is 3.26. The summed E-state index contributed by atoms with van der Waals surface area (Å²) in [5, 5.41) is 9.79. The summed E-state index contributed by atoms with van der Waals surface area (Å²) < 4.78 is 30.3. The minimum Gasteiger partial charge on any atom is -0.392 e. The molecule has 1 aromatic carbocycles. The van der Waals surface area contributed by atoms with Crippen LogP contribution in [0.15, 0.2) is 18.2 Å². The van der Waals surface area contributed by atoms with Crippen molar-refractivity contribution in [2.24, 2.45) is 0 Å². The summed E-state index contributed by atoms with van der Waals surface area (Å²) in [7, 11) is -4.14. The van der Waals surface area contributed by atoms with Crippen LogP contribution < -0.4 is 0 Å². The molecule has 2 N–H and O–H groups in total. The molecule has 19 heavy (non-hydrogen) atoms. The van der Waals surface area contributed by atoms with Crippen molar-refractivity contribution in [3.05, 3.63) is 34.9 Å². The maximum absolute atomic E-state index is 10.8. The summed E-state index contributed by atoms with van der Waals surface area (Å²) in [6.07, 6.45) is -0.804. The zero-order valence-electron chi connectivity index (χ0n) is 11.8. The average molecular weight is 286 g/mol. The summed E-state index contributed by atoms with van der Waals surface area (Å²) in [5.41, 5.74) is 2.99. The second-order valence-corrected chi connectivity index (χ2v) is 7.31. The first kappa shape index (κ1) is 16.1. The molecular weight excluding hydrogens is 264 g/mol. The Balaban J connectivity index is 2.91. The van der Waals surface area contributed by atoms with Gasteiger partial charge in [-0.1, -0.05) is 37.6 Å². The highest BCUT2D eigenvalue weighted by atomic mass is 32.2. The van der Waals surface area contributed by atoms with Gasteiger partial charge in [0.25, 0.3) is 10.1 Å². The first-order chi connectivity index (χ1) is 8.51. The van der Waals surface area contributed by atoms with Crippen LogP contribution in [0.5, 0.6) is 0 Å². The van der Waals surface area contributed by atoms with Crippen LogP contribution in [0.4, 0.5) is 0 Å². The molecule has 0 aromatic heterocycles. The van der Waals surface area contributed by atoms with Crippen LogP contribution in [-0.4, -0.2) is 29.9 Å². The van der Waals surface area contributed by atoms with Gasteiger partial charge in [0.15, 0.2) is 0 Å². The van der Waals surface area contributed by atoms with Crippen LogP contribution >= 0.6 is 0 Å². The van der Waals surface area contributed by atoms with E-state index in [1.54, 1.807) is 0 Å². The normalized spacial score (nSPS) is 14.4. The van der Waals surface area contributed by atoms with E-state index in [9.17, 15) is 13.5 Å². The Morgan fingerprint density at radius 1 is 1.26 bits per heavy atom. The van der Waals surface area contributed by atoms with Gasteiger partial charge in [-0.25, -0.2) is 0 Å². The standard InChI is InChI=1S/C14H22O4S/c1-10-5-6-13(11(2)7-10)14(3,4)8-12(15)9-19(16,17)18/h5-7,12,15H,8-9H2,1-4H3,(H,16,17,18). The highest BCUT2D eigenvalue weighted by molar-refractivity contribution is 7.85. The highest BCUT2D eigenvalue weighted by Gasteiger charge is 2.27. The maximum Gasteiger partial charge on any atom is 0.267 e. The lowest BCUT2D eigenvalue weighted by Gasteiger charge is -2.29. The molecule has 0 heterocycles. The molecule has 4 nitrogen and oxygen atoms in total. The smallest absolute Gasteiger partial charge is 0.267 e. The van der Waals surface area contributed by atoms with E-state index in [1.807, 2.05) is 39.8 Å². The van der Waals surface area contributed by atoms with Crippen LogP contribution in [-0.2, 0) is 15.5 Å². The first-order valence-corrected chi connectivity index (χ1v) is 7.83. The van der Waals surface area contributed by atoms with E-state index in [1.165, 1.54) is 0 Å². The Kier molecular flexibility index (Phi) is 4.76. The molecule has 5 heteroatoms. The molecule has 0 aliphatic carbocycles. The van der Waals surface area contributed by atoms with E-state index >= 15 is 0 Å². The summed E-state index contributed by atoms with van der Waals surface area (Å²) >= 11 is 0. The Bertz CT molecular complexity index is 547. The molecular formula is C14H22O4S. The third kappa shape index (κ3) is 4.93. The van der Waals surface area contributed by atoms with Gasteiger partial charge in [-0.05, 0) is 36.8 Å². The number of benzene rings is 1. The summed E-state index contributed by atoms with van der Waals surface area (Å²) in [4.78, 5) is 0. The fourth-order valence-corrected chi connectivity index (χ4v) is 3.18. The van der Waals surface area contributed by atoms with Crippen LogP contribution in [0.2, 0.25) is 0 Å². The molecule has 0 aliphatic rings. The van der Waals surface area contributed by atoms with Gasteiger partial charge in [0.2, 0.25) is 0 Å². The molecule has 0 saturated heterocycles. The van der Waals surface area contributed by atoms with Crippen molar-refractivity contribution in [2.45, 2.75) is 45.6 Å². The quantitative estimate of drug-likeness (QED) is 0.814. The molecule has 1 rings (SSSR count). The van der Waals surface area contributed by atoms with Crippen molar-refractivity contribution >= 4 is 10.1 Å². The van der Waals surface area contributed by atoms with Crippen molar-refractivity contribution in [1.82, 2.24) is 0 Å². The molecule has 0 spiro atoms. The Morgan fingerprint density at radius 2 is 1.84 bits per heavy atom. The number of aryl methyl sites for hydroxylation is 2. The summed E-state index contributed by atoms with van der Waals surface area (Å²) in [5.74, 6) is -0.624. The van der Waals surface area contributed by atoms with Gasteiger partial charge in [-0.2, -0.15) is 8.42 Å². The Hall–Kier alpha value is -0.910. The molecule has 0 radical (unpaired) electrons. The number of aliphatic hydroxyl groups is 1. The molecule has 0 aliphatic heterocycles.